The smallest absolute Gasteiger partial charge is 0.227 e. The van der Waals surface area contributed by atoms with Gasteiger partial charge in [0.25, 0.3) is 0 Å². The Labute approximate surface area is 169 Å². The first-order chi connectivity index (χ1) is 13.1. The van der Waals surface area contributed by atoms with Crippen molar-refractivity contribution in [3.05, 3.63) is 68.7 Å². The Hall–Kier alpha value is -2.04. The van der Waals surface area contributed by atoms with Gasteiger partial charge < -0.3 is 10.2 Å². The van der Waals surface area contributed by atoms with Gasteiger partial charge in [-0.3, -0.25) is 9.79 Å². The molecule has 0 fully saturated rings. The van der Waals surface area contributed by atoms with E-state index in [1.165, 1.54) is 11.1 Å². The van der Waals surface area contributed by atoms with Crippen molar-refractivity contribution in [2.75, 3.05) is 19.6 Å². The lowest BCUT2D eigenvalue weighted by Gasteiger charge is -2.36. The van der Waals surface area contributed by atoms with E-state index in [0.717, 1.165) is 30.9 Å². The summed E-state index contributed by atoms with van der Waals surface area (Å²) >= 11 is 12.5. The summed E-state index contributed by atoms with van der Waals surface area (Å²) in [6, 6.07) is 11.6. The Morgan fingerprint density at radius 2 is 1.96 bits per heavy atom. The third kappa shape index (κ3) is 3.44. The molecule has 6 heteroatoms. The Bertz CT molecular complexity index is 905. The van der Waals surface area contributed by atoms with Gasteiger partial charge >= 0.3 is 0 Å². The molecule has 4 nitrogen and oxygen atoms in total. The lowest BCUT2D eigenvalue weighted by Crippen LogP contribution is -2.40. The SMILES string of the molecule is C[C@H]1c2cccc(C3=NCCN3)c2CCN1C(=O)Cc1c(Cl)cccc1Cl. The maximum absolute atomic E-state index is 13.0. The van der Waals surface area contributed by atoms with Crippen LogP contribution in [0, 0.1) is 0 Å². The van der Waals surface area contributed by atoms with Crippen molar-refractivity contribution in [1.29, 1.82) is 0 Å². The molecular weight excluding hydrogens is 381 g/mol. The molecule has 1 amide bonds. The lowest BCUT2D eigenvalue weighted by molar-refractivity contribution is -0.133. The summed E-state index contributed by atoms with van der Waals surface area (Å²) in [6.07, 6.45) is 1.03. The average Bonchev–Trinajstić information content (AvgIpc) is 3.19. The molecule has 0 spiro atoms. The van der Waals surface area contributed by atoms with E-state index in [1.54, 1.807) is 18.2 Å². The van der Waals surface area contributed by atoms with E-state index in [1.807, 2.05) is 11.0 Å². The molecule has 4 rings (SSSR count). The van der Waals surface area contributed by atoms with Crippen LogP contribution in [-0.2, 0) is 17.6 Å². The van der Waals surface area contributed by atoms with Crippen LogP contribution in [0.25, 0.3) is 0 Å². The number of amidine groups is 1. The van der Waals surface area contributed by atoms with E-state index in [0.29, 0.717) is 22.2 Å². The van der Waals surface area contributed by atoms with Gasteiger partial charge in [-0.05, 0) is 42.2 Å². The maximum atomic E-state index is 13.0. The average molecular weight is 402 g/mol. The minimum Gasteiger partial charge on any atom is -0.368 e. The van der Waals surface area contributed by atoms with Crippen molar-refractivity contribution in [3.63, 3.8) is 0 Å². The van der Waals surface area contributed by atoms with Gasteiger partial charge in [0.2, 0.25) is 5.91 Å². The molecule has 0 unspecified atom stereocenters. The second-order valence-electron chi connectivity index (χ2n) is 6.92. The molecule has 2 aromatic carbocycles. The van der Waals surface area contributed by atoms with Crippen molar-refractivity contribution in [2.45, 2.75) is 25.8 Å². The van der Waals surface area contributed by atoms with E-state index >= 15 is 0 Å². The number of halogens is 2. The normalized spacial score (nSPS) is 18.7. The number of rotatable bonds is 3. The third-order valence-corrected chi connectivity index (χ3v) is 6.08. The predicted octanol–water partition coefficient (Wildman–Crippen LogP) is 4.03. The molecule has 0 saturated heterocycles. The van der Waals surface area contributed by atoms with Crippen LogP contribution in [0.3, 0.4) is 0 Å². The molecule has 2 aliphatic rings. The molecule has 27 heavy (non-hydrogen) atoms. The predicted molar refractivity (Wildman–Crippen MR) is 110 cm³/mol. The molecule has 0 radical (unpaired) electrons. The molecule has 140 valence electrons. The summed E-state index contributed by atoms with van der Waals surface area (Å²) in [4.78, 5) is 19.5. The van der Waals surface area contributed by atoms with Gasteiger partial charge in [-0.25, -0.2) is 0 Å². The van der Waals surface area contributed by atoms with Crippen molar-refractivity contribution in [3.8, 4) is 0 Å². The first-order valence-corrected chi connectivity index (χ1v) is 9.94. The van der Waals surface area contributed by atoms with Crippen LogP contribution in [0.1, 0.15) is 35.2 Å². The molecule has 2 heterocycles. The summed E-state index contributed by atoms with van der Waals surface area (Å²) in [5, 5.41) is 4.43. The first-order valence-electron chi connectivity index (χ1n) is 9.19. The molecular formula is C21H21Cl2N3O. The zero-order chi connectivity index (χ0) is 19.0. The van der Waals surface area contributed by atoms with Crippen molar-refractivity contribution in [2.24, 2.45) is 4.99 Å². The van der Waals surface area contributed by atoms with Gasteiger partial charge in [-0.2, -0.15) is 0 Å². The summed E-state index contributed by atoms with van der Waals surface area (Å²) in [6.45, 7) is 4.46. The van der Waals surface area contributed by atoms with Gasteiger partial charge in [0.1, 0.15) is 5.84 Å². The first kappa shape index (κ1) is 18.3. The van der Waals surface area contributed by atoms with E-state index < -0.39 is 0 Å². The molecule has 1 atom stereocenters. The topological polar surface area (TPSA) is 44.7 Å². The number of hydrogen-bond acceptors (Lipinski definition) is 3. The Balaban J connectivity index is 1.59. The van der Waals surface area contributed by atoms with Crippen LogP contribution in [0.2, 0.25) is 10.0 Å². The minimum absolute atomic E-state index is 0.00414. The molecule has 1 N–H and O–H groups in total. The minimum atomic E-state index is 0.00414. The zero-order valence-electron chi connectivity index (χ0n) is 15.1. The van der Waals surface area contributed by atoms with Gasteiger partial charge in [0, 0.05) is 28.7 Å². The zero-order valence-corrected chi connectivity index (χ0v) is 16.6. The number of carbonyl (C=O) groups is 1. The standard InChI is InChI=1S/C21H21Cl2N3O/c1-13-14-4-2-5-16(21-24-9-10-25-21)15(14)8-11-26(13)20(27)12-17-18(22)6-3-7-19(17)23/h2-7,13H,8-12H2,1H3,(H,24,25)/t13-/m0/s1. The van der Waals surface area contributed by atoms with Gasteiger partial charge in [0.15, 0.2) is 0 Å². The van der Waals surface area contributed by atoms with Crippen LogP contribution in [0.4, 0.5) is 0 Å². The summed E-state index contributed by atoms with van der Waals surface area (Å²) < 4.78 is 0. The van der Waals surface area contributed by atoms with Crippen LogP contribution in [0.15, 0.2) is 41.4 Å². The number of benzene rings is 2. The molecule has 0 bridgehead atoms. The molecule has 0 saturated carbocycles. The molecule has 2 aliphatic heterocycles. The number of fused-ring (bicyclic) bond motifs is 1. The number of nitrogens with zero attached hydrogens (tertiary/aromatic N) is 2. The molecule has 2 aromatic rings. The van der Waals surface area contributed by atoms with E-state index in [2.05, 4.69) is 29.4 Å². The largest absolute Gasteiger partial charge is 0.368 e. The second kappa shape index (κ2) is 7.53. The van der Waals surface area contributed by atoms with Crippen molar-refractivity contribution >= 4 is 34.9 Å². The fourth-order valence-corrected chi connectivity index (χ4v) is 4.49. The highest BCUT2D eigenvalue weighted by Crippen LogP contribution is 2.33. The maximum Gasteiger partial charge on any atom is 0.227 e. The number of hydrogen-bond donors (Lipinski definition) is 1. The number of amides is 1. The number of aliphatic imine (C=N–C) groups is 1. The van der Waals surface area contributed by atoms with Crippen LogP contribution >= 0.6 is 23.2 Å². The number of carbonyl (C=O) groups excluding carboxylic acids is 1. The highest BCUT2D eigenvalue weighted by atomic mass is 35.5. The van der Waals surface area contributed by atoms with E-state index in [-0.39, 0.29) is 18.4 Å². The Morgan fingerprint density at radius 3 is 2.67 bits per heavy atom. The van der Waals surface area contributed by atoms with Crippen LogP contribution < -0.4 is 5.32 Å². The third-order valence-electron chi connectivity index (χ3n) is 5.37. The van der Waals surface area contributed by atoms with Crippen LogP contribution in [-0.4, -0.2) is 36.3 Å². The summed E-state index contributed by atoms with van der Waals surface area (Å²) in [5.74, 6) is 1.02. The van der Waals surface area contributed by atoms with Gasteiger partial charge in [-0.1, -0.05) is 47.5 Å². The van der Waals surface area contributed by atoms with Crippen LogP contribution in [0.5, 0.6) is 0 Å². The van der Waals surface area contributed by atoms with Crippen molar-refractivity contribution < 1.29 is 4.79 Å². The quantitative estimate of drug-likeness (QED) is 0.843. The van der Waals surface area contributed by atoms with Gasteiger partial charge in [-0.15, -0.1) is 0 Å². The van der Waals surface area contributed by atoms with E-state index in [4.69, 9.17) is 23.2 Å². The molecule has 0 aromatic heterocycles. The Kier molecular flexibility index (Phi) is 5.11. The molecule has 0 aliphatic carbocycles. The Morgan fingerprint density at radius 1 is 1.22 bits per heavy atom. The fourth-order valence-electron chi connectivity index (χ4n) is 3.96. The highest BCUT2D eigenvalue weighted by Gasteiger charge is 2.30. The summed E-state index contributed by atoms with van der Waals surface area (Å²) in [7, 11) is 0. The second-order valence-corrected chi connectivity index (χ2v) is 7.73. The van der Waals surface area contributed by atoms with Crippen molar-refractivity contribution in [1.82, 2.24) is 10.2 Å². The van der Waals surface area contributed by atoms with E-state index in [9.17, 15) is 4.79 Å². The van der Waals surface area contributed by atoms with Gasteiger partial charge in [0.05, 0.1) is 19.0 Å². The fraction of sp³-hybridized carbons (Fsp3) is 0.333. The number of nitrogens with one attached hydrogen (secondary N) is 1. The lowest BCUT2D eigenvalue weighted by atomic mass is 9.89. The monoisotopic (exact) mass is 401 g/mol. The summed E-state index contributed by atoms with van der Waals surface area (Å²) in [5.41, 5.74) is 4.34. The highest BCUT2D eigenvalue weighted by molar-refractivity contribution is 6.36.